The Bertz CT molecular complexity index is 358. The fourth-order valence-electron chi connectivity index (χ4n) is 1.46. The van der Waals surface area contributed by atoms with Crippen LogP contribution in [0.2, 0.25) is 0 Å². The Labute approximate surface area is 85.7 Å². The van der Waals surface area contributed by atoms with E-state index in [1.165, 1.54) is 5.56 Å². The van der Waals surface area contributed by atoms with Crippen molar-refractivity contribution in [3.63, 3.8) is 0 Å². The van der Waals surface area contributed by atoms with Gasteiger partial charge in [-0.2, -0.15) is 5.26 Å². The average Bonchev–Trinajstić information content (AvgIpc) is 2.25. The molecule has 0 aromatic heterocycles. The second-order valence-electron chi connectivity index (χ2n) is 3.28. The van der Waals surface area contributed by atoms with Crippen molar-refractivity contribution in [3.05, 3.63) is 47.5 Å². The molecule has 1 heteroatoms. The molecule has 0 aliphatic carbocycles. The summed E-state index contributed by atoms with van der Waals surface area (Å²) in [5, 5.41) is 8.93. The van der Waals surface area contributed by atoms with Gasteiger partial charge in [0, 0.05) is 0 Å². The molecule has 0 atom stereocenters. The predicted octanol–water partition coefficient (Wildman–Crippen LogP) is 3.24. The highest BCUT2D eigenvalue weighted by Gasteiger charge is 2.00. The van der Waals surface area contributed by atoms with E-state index in [0.29, 0.717) is 0 Å². The standard InChI is InChI=1S/C13H15N/c1-3-5-6-11-7-8-12(4-2)13(9-11)10-14/h3,7-9H,1,4-6H2,2H3. The zero-order valence-corrected chi connectivity index (χ0v) is 8.59. The lowest BCUT2D eigenvalue weighted by Crippen LogP contribution is -1.91. The normalized spacial score (nSPS) is 9.43. The van der Waals surface area contributed by atoms with Crippen molar-refractivity contribution in [2.45, 2.75) is 26.2 Å². The van der Waals surface area contributed by atoms with Crippen LogP contribution in [0.25, 0.3) is 0 Å². The van der Waals surface area contributed by atoms with E-state index in [2.05, 4.69) is 31.7 Å². The van der Waals surface area contributed by atoms with E-state index >= 15 is 0 Å². The fourth-order valence-corrected chi connectivity index (χ4v) is 1.46. The Kier molecular flexibility index (Phi) is 3.94. The second kappa shape index (κ2) is 5.24. The van der Waals surface area contributed by atoms with Gasteiger partial charge in [0.15, 0.2) is 0 Å². The molecule has 72 valence electrons. The SMILES string of the molecule is C=CCCc1ccc(CC)c(C#N)c1. The summed E-state index contributed by atoms with van der Waals surface area (Å²) in [5.74, 6) is 0. The lowest BCUT2D eigenvalue weighted by molar-refractivity contribution is 0.996. The predicted molar refractivity (Wildman–Crippen MR) is 59.1 cm³/mol. The molecule has 0 saturated heterocycles. The number of nitrogens with zero attached hydrogens (tertiary/aromatic N) is 1. The number of nitriles is 1. The van der Waals surface area contributed by atoms with Crippen molar-refractivity contribution in [1.29, 1.82) is 5.26 Å². The molecule has 0 N–H and O–H groups in total. The number of hydrogen-bond donors (Lipinski definition) is 0. The van der Waals surface area contributed by atoms with E-state index in [1.54, 1.807) is 0 Å². The van der Waals surface area contributed by atoms with Crippen LogP contribution in [-0.4, -0.2) is 0 Å². The maximum atomic E-state index is 8.93. The molecular formula is C13H15N. The molecular weight excluding hydrogens is 170 g/mol. The van der Waals surface area contributed by atoms with Crippen LogP contribution in [0.1, 0.15) is 30.0 Å². The molecule has 0 amide bonds. The van der Waals surface area contributed by atoms with Gasteiger partial charge in [-0.1, -0.05) is 25.1 Å². The molecule has 1 aromatic rings. The number of allylic oxidation sites excluding steroid dienone is 1. The molecule has 0 aliphatic rings. The zero-order chi connectivity index (χ0) is 10.4. The molecule has 14 heavy (non-hydrogen) atoms. The molecule has 1 rings (SSSR count). The van der Waals surface area contributed by atoms with E-state index in [-0.39, 0.29) is 0 Å². The number of rotatable bonds is 4. The van der Waals surface area contributed by atoms with Gasteiger partial charge in [-0.05, 0) is 36.5 Å². The minimum atomic E-state index is 0.814. The molecule has 1 aromatic carbocycles. The third-order valence-corrected chi connectivity index (χ3v) is 2.31. The number of benzene rings is 1. The summed E-state index contributed by atoms with van der Waals surface area (Å²) in [4.78, 5) is 0. The Morgan fingerprint density at radius 1 is 1.50 bits per heavy atom. The quantitative estimate of drug-likeness (QED) is 0.660. The third kappa shape index (κ3) is 2.47. The Balaban J connectivity index is 2.91. The highest BCUT2D eigenvalue weighted by Crippen LogP contribution is 2.13. The van der Waals surface area contributed by atoms with Crippen LogP contribution < -0.4 is 0 Å². The van der Waals surface area contributed by atoms with Gasteiger partial charge in [0.25, 0.3) is 0 Å². The van der Waals surface area contributed by atoms with E-state index in [1.807, 2.05) is 12.1 Å². The molecule has 0 spiro atoms. The van der Waals surface area contributed by atoms with E-state index in [4.69, 9.17) is 5.26 Å². The lowest BCUT2D eigenvalue weighted by atomic mass is 10.0. The van der Waals surface area contributed by atoms with Crippen molar-refractivity contribution >= 4 is 0 Å². The van der Waals surface area contributed by atoms with Crippen molar-refractivity contribution in [2.75, 3.05) is 0 Å². The highest BCUT2D eigenvalue weighted by molar-refractivity contribution is 5.40. The number of aryl methyl sites for hydroxylation is 2. The van der Waals surface area contributed by atoms with Gasteiger partial charge in [-0.15, -0.1) is 6.58 Å². The minimum Gasteiger partial charge on any atom is -0.192 e. The fraction of sp³-hybridized carbons (Fsp3) is 0.308. The van der Waals surface area contributed by atoms with Gasteiger partial charge in [-0.3, -0.25) is 0 Å². The molecule has 0 bridgehead atoms. The first kappa shape index (κ1) is 10.5. The first-order valence-corrected chi connectivity index (χ1v) is 4.94. The Morgan fingerprint density at radius 3 is 2.86 bits per heavy atom. The smallest absolute Gasteiger partial charge is 0.0994 e. The van der Waals surface area contributed by atoms with Crippen molar-refractivity contribution in [1.82, 2.24) is 0 Å². The van der Waals surface area contributed by atoms with Crippen molar-refractivity contribution in [3.8, 4) is 6.07 Å². The van der Waals surface area contributed by atoms with Crippen LogP contribution in [0, 0.1) is 11.3 Å². The summed E-state index contributed by atoms with van der Waals surface area (Å²) in [7, 11) is 0. The Morgan fingerprint density at radius 2 is 2.29 bits per heavy atom. The van der Waals surface area contributed by atoms with Gasteiger partial charge in [0.1, 0.15) is 0 Å². The molecule has 0 unspecified atom stereocenters. The maximum absolute atomic E-state index is 8.93. The largest absolute Gasteiger partial charge is 0.192 e. The van der Waals surface area contributed by atoms with E-state index in [9.17, 15) is 0 Å². The molecule has 0 radical (unpaired) electrons. The van der Waals surface area contributed by atoms with Gasteiger partial charge in [-0.25, -0.2) is 0 Å². The van der Waals surface area contributed by atoms with Crippen LogP contribution >= 0.6 is 0 Å². The van der Waals surface area contributed by atoms with E-state index in [0.717, 1.165) is 30.4 Å². The van der Waals surface area contributed by atoms with Gasteiger partial charge < -0.3 is 0 Å². The molecule has 0 saturated carbocycles. The van der Waals surface area contributed by atoms with E-state index < -0.39 is 0 Å². The zero-order valence-electron chi connectivity index (χ0n) is 8.59. The molecule has 0 aliphatic heterocycles. The molecule has 0 heterocycles. The summed E-state index contributed by atoms with van der Waals surface area (Å²) in [6, 6.07) is 8.38. The minimum absolute atomic E-state index is 0.814. The topological polar surface area (TPSA) is 23.8 Å². The second-order valence-corrected chi connectivity index (χ2v) is 3.28. The average molecular weight is 185 g/mol. The van der Waals surface area contributed by atoms with Crippen LogP contribution in [0.15, 0.2) is 30.9 Å². The summed E-state index contributed by atoms with van der Waals surface area (Å²) in [6.45, 7) is 5.76. The van der Waals surface area contributed by atoms with Gasteiger partial charge in [0.2, 0.25) is 0 Å². The van der Waals surface area contributed by atoms with Crippen molar-refractivity contribution in [2.24, 2.45) is 0 Å². The van der Waals surface area contributed by atoms with Crippen molar-refractivity contribution < 1.29 is 0 Å². The van der Waals surface area contributed by atoms with Crippen LogP contribution in [-0.2, 0) is 12.8 Å². The van der Waals surface area contributed by atoms with Crippen LogP contribution in [0.4, 0.5) is 0 Å². The first-order chi connectivity index (χ1) is 6.81. The lowest BCUT2D eigenvalue weighted by Gasteiger charge is -2.03. The highest BCUT2D eigenvalue weighted by atomic mass is 14.2. The molecule has 0 fully saturated rings. The van der Waals surface area contributed by atoms with Gasteiger partial charge in [0.05, 0.1) is 11.6 Å². The summed E-state index contributed by atoms with van der Waals surface area (Å²) in [6.07, 6.45) is 4.77. The van der Waals surface area contributed by atoms with Crippen LogP contribution in [0.3, 0.4) is 0 Å². The maximum Gasteiger partial charge on any atom is 0.0994 e. The van der Waals surface area contributed by atoms with Crippen LogP contribution in [0.5, 0.6) is 0 Å². The first-order valence-electron chi connectivity index (χ1n) is 4.94. The monoisotopic (exact) mass is 185 g/mol. The third-order valence-electron chi connectivity index (χ3n) is 2.31. The number of hydrogen-bond acceptors (Lipinski definition) is 1. The Hall–Kier alpha value is -1.55. The summed E-state index contributed by atoms with van der Waals surface area (Å²) >= 11 is 0. The van der Waals surface area contributed by atoms with Gasteiger partial charge >= 0.3 is 0 Å². The molecule has 1 nitrogen and oxygen atoms in total. The summed E-state index contributed by atoms with van der Waals surface area (Å²) < 4.78 is 0. The summed E-state index contributed by atoms with van der Waals surface area (Å²) in [5.41, 5.74) is 3.17.